The molecule has 64 valence electrons. The first-order chi connectivity index (χ1) is 5.26. The predicted molar refractivity (Wildman–Crippen MR) is 43.2 cm³/mol. The molecule has 0 saturated heterocycles. The zero-order chi connectivity index (χ0) is 8.69. The highest BCUT2D eigenvalue weighted by Gasteiger charge is 1.99. The van der Waals surface area contributed by atoms with Crippen molar-refractivity contribution in [1.82, 2.24) is 0 Å². The van der Waals surface area contributed by atoms with Gasteiger partial charge in [0.1, 0.15) is 6.61 Å². The van der Waals surface area contributed by atoms with Gasteiger partial charge in [0.15, 0.2) is 11.5 Å². The van der Waals surface area contributed by atoms with Gasteiger partial charge in [-0.15, -0.1) is 0 Å². The maximum Gasteiger partial charge on any atom is 0.156 e. The van der Waals surface area contributed by atoms with Gasteiger partial charge in [-0.2, -0.15) is 0 Å². The number of hydrogen-bond acceptors (Lipinski definition) is 3. The molecule has 0 heterocycles. The molecule has 3 nitrogen and oxygen atoms in total. The van der Waals surface area contributed by atoms with Crippen LogP contribution >= 0.6 is 0 Å². The van der Waals surface area contributed by atoms with Crippen molar-refractivity contribution in [1.29, 1.82) is 0 Å². The molecule has 0 rings (SSSR count). The molecule has 0 unspecified atom stereocenters. The largest absolute Gasteiger partial charge is 0.504 e. The van der Waals surface area contributed by atoms with Crippen LogP contribution in [-0.4, -0.2) is 23.4 Å². The number of rotatable bonds is 4. The summed E-state index contributed by atoms with van der Waals surface area (Å²) in [7, 11) is 0. The summed E-state index contributed by atoms with van der Waals surface area (Å²) >= 11 is 0. The molecule has 0 radical (unpaired) electrons. The lowest BCUT2D eigenvalue weighted by Gasteiger charge is -2.06. The number of aliphatic hydroxyl groups is 2. The van der Waals surface area contributed by atoms with Crippen LogP contribution in [0.3, 0.4) is 0 Å². The van der Waals surface area contributed by atoms with Crippen LogP contribution in [0.1, 0.15) is 13.8 Å². The van der Waals surface area contributed by atoms with E-state index in [0.29, 0.717) is 5.76 Å². The summed E-state index contributed by atoms with van der Waals surface area (Å²) in [5.41, 5.74) is 0. The second kappa shape index (κ2) is 5.80. The molecule has 0 bridgehead atoms. The first kappa shape index (κ1) is 10.0. The van der Waals surface area contributed by atoms with Gasteiger partial charge in [-0.05, 0) is 26.0 Å². The van der Waals surface area contributed by atoms with Crippen molar-refractivity contribution in [2.24, 2.45) is 0 Å². The van der Waals surface area contributed by atoms with E-state index in [1.54, 1.807) is 19.9 Å². The average Bonchev–Trinajstić information content (AvgIpc) is 2.05. The van der Waals surface area contributed by atoms with Crippen molar-refractivity contribution in [3.63, 3.8) is 0 Å². The summed E-state index contributed by atoms with van der Waals surface area (Å²) in [6.45, 7) is 3.62. The van der Waals surface area contributed by atoms with Crippen LogP contribution in [0.15, 0.2) is 23.7 Å². The molecule has 0 spiro atoms. The molecule has 0 aromatic rings. The molecule has 0 aliphatic carbocycles. The molecule has 0 atom stereocenters. The number of allylic oxidation sites excluding steroid dienone is 2. The van der Waals surface area contributed by atoms with Crippen LogP contribution in [0.2, 0.25) is 0 Å². The SMILES string of the molecule is CC=C(O)C(=CC)OCCO. The Morgan fingerprint density at radius 2 is 2.00 bits per heavy atom. The van der Waals surface area contributed by atoms with Crippen LogP contribution in [0.5, 0.6) is 0 Å². The summed E-state index contributed by atoms with van der Waals surface area (Å²) < 4.78 is 4.99. The topological polar surface area (TPSA) is 49.7 Å². The standard InChI is InChI=1S/C8H14O3/c1-3-7(10)8(4-2)11-6-5-9/h3-4,9-10H,5-6H2,1-2H3. The maximum atomic E-state index is 9.13. The van der Waals surface area contributed by atoms with Crippen molar-refractivity contribution in [3.05, 3.63) is 23.7 Å². The van der Waals surface area contributed by atoms with Crippen molar-refractivity contribution in [2.75, 3.05) is 13.2 Å². The maximum absolute atomic E-state index is 9.13. The molecule has 0 aromatic heterocycles. The Balaban J connectivity index is 3.98. The first-order valence-corrected chi connectivity index (χ1v) is 3.51. The van der Waals surface area contributed by atoms with E-state index in [-0.39, 0.29) is 19.0 Å². The molecule has 0 aromatic carbocycles. The van der Waals surface area contributed by atoms with E-state index in [1.165, 1.54) is 6.08 Å². The quantitative estimate of drug-likeness (QED) is 0.479. The van der Waals surface area contributed by atoms with Gasteiger partial charge >= 0.3 is 0 Å². The van der Waals surface area contributed by atoms with Crippen LogP contribution in [0.4, 0.5) is 0 Å². The third kappa shape index (κ3) is 3.68. The monoisotopic (exact) mass is 158 g/mol. The molecule has 0 amide bonds. The summed E-state index contributed by atoms with van der Waals surface area (Å²) in [6.07, 6.45) is 3.18. The fourth-order valence-corrected chi connectivity index (χ4v) is 0.603. The molecule has 3 heteroatoms. The molecular formula is C8H14O3. The molecule has 0 fully saturated rings. The second-order valence-electron chi connectivity index (χ2n) is 1.90. The van der Waals surface area contributed by atoms with Gasteiger partial charge in [0.05, 0.1) is 6.61 Å². The summed E-state index contributed by atoms with van der Waals surface area (Å²) in [4.78, 5) is 0. The molecule has 11 heavy (non-hydrogen) atoms. The van der Waals surface area contributed by atoms with Gasteiger partial charge in [0.2, 0.25) is 0 Å². The number of hydrogen-bond donors (Lipinski definition) is 2. The van der Waals surface area contributed by atoms with Gasteiger partial charge < -0.3 is 14.9 Å². The zero-order valence-corrected chi connectivity index (χ0v) is 6.87. The predicted octanol–water partition coefficient (Wildman–Crippen LogP) is 1.36. The Labute approximate surface area is 66.6 Å². The lowest BCUT2D eigenvalue weighted by atomic mass is 10.3. The summed E-state index contributed by atoms with van der Waals surface area (Å²) in [5, 5.41) is 17.5. The Bertz CT molecular complexity index is 159. The van der Waals surface area contributed by atoms with Gasteiger partial charge in [-0.1, -0.05) is 0 Å². The summed E-state index contributed by atoms with van der Waals surface area (Å²) in [5.74, 6) is 0.502. The van der Waals surface area contributed by atoms with E-state index in [9.17, 15) is 0 Å². The average molecular weight is 158 g/mol. The van der Waals surface area contributed by atoms with E-state index >= 15 is 0 Å². The third-order valence-electron chi connectivity index (χ3n) is 1.14. The van der Waals surface area contributed by atoms with E-state index < -0.39 is 0 Å². The lowest BCUT2D eigenvalue weighted by Crippen LogP contribution is -2.00. The first-order valence-electron chi connectivity index (χ1n) is 3.51. The molecule has 2 N–H and O–H groups in total. The highest BCUT2D eigenvalue weighted by Crippen LogP contribution is 2.06. The van der Waals surface area contributed by atoms with Gasteiger partial charge in [0, 0.05) is 0 Å². The van der Waals surface area contributed by atoms with Crippen molar-refractivity contribution < 1.29 is 14.9 Å². The van der Waals surface area contributed by atoms with Crippen molar-refractivity contribution in [3.8, 4) is 0 Å². The van der Waals surface area contributed by atoms with Crippen molar-refractivity contribution >= 4 is 0 Å². The third-order valence-corrected chi connectivity index (χ3v) is 1.14. The second-order valence-corrected chi connectivity index (χ2v) is 1.90. The fourth-order valence-electron chi connectivity index (χ4n) is 0.603. The number of aliphatic hydroxyl groups excluding tert-OH is 2. The van der Waals surface area contributed by atoms with Gasteiger partial charge in [-0.25, -0.2) is 0 Å². The normalized spacial score (nSPS) is 13.4. The smallest absolute Gasteiger partial charge is 0.156 e. The molecule has 0 aliphatic heterocycles. The summed E-state index contributed by atoms with van der Waals surface area (Å²) in [6, 6.07) is 0. The number of ether oxygens (including phenoxy) is 1. The minimum absolute atomic E-state index is 0.0473. The van der Waals surface area contributed by atoms with E-state index in [0.717, 1.165) is 0 Å². The van der Waals surface area contributed by atoms with E-state index in [1.807, 2.05) is 0 Å². The Morgan fingerprint density at radius 3 is 2.36 bits per heavy atom. The van der Waals surface area contributed by atoms with Crippen LogP contribution in [0, 0.1) is 0 Å². The Morgan fingerprint density at radius 1 is 1.36 bits per heavy atom. The molecular weight excluding hydrogens is 144 g/mol. The van der Waals surface area contributed by atoms with Crippen molar-refractivity contribution in [2.45, 2.75) is 13.8 Å². The van der Waals surface area contributed by atoms with E-state index in [4.69, 9.17) is 14.9 Å². The Kier molecular flexibility index (Phi) is 5.29. The minimum Gasteiger partial charge on any atom is -0.504 e. The highest BCUT2D eigenvalue weighted by atomic mass is 16.5. The Hall–Kier alpha value is -0.960. The van der Waals surface area contributed by atoms with Gasteiger partial charge in [-0.3, -0.25) is 0 Å². The van der Waals surface area contributed by atoms with Crippen LogP contribution in [0.25, 0.3) is 0 Å². The zero-order valence-electron chi connectivity index (χ0n) is 6.87. The highest BCUT2D eigenvalue weighted by molar-refractivity contribution is 5.17. The molecule has 0 saturated carbocycles. The lowest BCUT2D eigenvalue weighted by molar-refractivity contribution is 0.137. The minimum atomic E-state index is -0.0473. The fraction of sp³-hybridized carbons (Fsp3) is 0.500. The van der Waals surface area contributed by atoms with Crippen LogP contribution in [-0.2, 0) is 4.74 Å². The van der Waals surface area contributed by atoms with Crippen LogP contribution < -0.4 is 0 Å². The van der Waals surface area contributed by atoms with E-state index in [2.05, 4.69) is 0 Å². The molecule has 0 aliphatic rings. The van der Waals surface area contributed by atoms with Gasteiger partial charge in [0.25, 0.3) is 0 Å².